The Morgan fingerprint density at radius 3 is 2.55 bits per heavy atom. The highest BCUT2D eigenvalue weighted by atomic mass is 35.5. The lowest BCUT2D eigenvalue weighted by atomic mass is 10.1. The molecule has 2 aliphatic heterocycles. The van der Waals surface area contributed by atoms with E-state index < -0.39 is 5.97 Å². The number of fused-ring (bicyclic) bond motifs is 1. The first-order chi connectivity index (χ1) is 14.1. The number of piperazine rings is 1. The maximum absolute atomic E-state index is 12.4. The third-order valence-corrected chi connectivity index (χ3v) is 5.26. The summed E-state index contributed by atoms with van der Waals surface area (Å²) in [5.74, 6) is -0.0722. The number of carbonyl (C=O) groups excluding carboxylic acids is 2. The highest BCUT2D eigenvalue weighted by Gasteiger charge is 2.24. The monoisotopic (exact) mass is 412 g/mol. The molecule has 6 nitrogen and oxygen atoms in total. The molecule has 4 rings (SSSR count). The van der Waals surface area contributed by atoms with Crippen molar-refractivity contribution in [3.63, 3.8) is 0 Å². The molecule has 0 saturated carbocycles. The third-order valence-electron chi connectivity index (χ3n) is 5.03. The SMILES string of the molecule is O=C(OCC(=O)N1CCN(c2ccccc2)CC1)C1=Cc2cc(Cl)ccc2OC1. The molecule has 2 aromatic rings. The van der Waals surface area contributed by atoms with Crippen LogP contribution in [0.3, 0.4) is 0 Å². The summed E-state index contributed by atoms with van der Waals surface area (Å²) in [7, 11) is 0. The van der Waals surface area contributed by atoms with E-state index in [-0.39, 0.29) is 19.1 Å². The summed E-state index contributed by atoms with van der Waals surface area (Å²) < 4.78 is 10.8. The molecular weight excluding hydrogens is 392 g/mol. The maximum Gasteiger partial charge on any atom is 0.338 e. The van der Waals surface area contributed by atoms with Gasteiger partial charge in [0.05, 0.1) is 5.57 Å². The maximum atomic E-state index is 12.4. The van der Waals surface area contributed by atoms with E-state index in [9.17, 15) is 9.59 Å². The van der Waals surface area contributed by atoms with E-state index in [4.69, 9.17) is 21.1 Å². The molecule has 0 aliphatic carbocycles. The van der Waals surface area contributed by atoms with Crippen LogP contribution in [-0.4, -0.2) is 56.2 Å². The number of hydrogen-bond donors (Lipinski definition) is 0. The molecule has 0 unspecified atom stereocenters. The number of anilines is 1. The number of ether oxygens (including phenoxy) is 2. The minimum Gasteiger partial charge on any atom is -0.488 e. The standard InChI is InChI=1S/C22H21ClN2O4/c23-18-6-7-20-16(13-18)12-17(14-28-20)22(27)29-15-21(26)25-10-8-24(9-11-25)19-4-2-1-3-5-19/h1-7,12-13H,8-11,14-15H2. The Morgan fingerprint density at radius 2 is 1.79 bits per heavy atom. The molecule has 0 bridgehead atoms. The molecule has 150 valence electrons. The van der Waals surface area contributed by atoms with Gasteiger partial charge in [-0.3, -0.25) is 4.79 Å². The van der Waals surface area contributed by atoms with Gasteiger partial charge in [0.15, 0.2) is 6.61 Å². The highest BCUT2D eigenvalue weighted by Crippen LogP contribution is 2.29. The van der Waals surface area contributed by atoms with Gasteiger partial charge in [-0.15, -0.1) is 0 Å². The average molecular weight is 413 g/mol. The molecule has 29 heavy (non-hydrogen) atoms. The van der Waals surface area contributed by atoms with E-state index in [2.05, 4.69) is 17.0 Å². The van der Waals surface area contributed by atoms with Crippen LogP contribution >= 0.6 is 11.6 Å². The Hall–Kier alpha value is -2.99. The van der Waals surface area contributed by atoms with Crippen molar-refractivity contribution >= 4 is 35.2 Å². The molecule has 2 aromatic carbocycles. The molecule has 0 N–H and O–H groups in total. The van der Waals surface area contributed by atoms with Crippen molar-refractivity contribution < 1.29 is 19.1 Å². The molecule has 1 amide bonds. The van der Waals surface area contributed by atoms with Gasteiger partial charge in [-0.1, -0.05) is 29.8 Å². The van der Waals surface area contributed by atoms with Gasteiger partial charge >= 0.3 is 5.97 Å². The second kappa shape index (κ2) is 8.57. The Kier molecular flexibility index (Phi) is 5.71. The molecule has 0 spiro atoms. The molecule has 0 atom stereocenters. The van der Waals surface area contributed by atoms with E-state index in [1.165, 1.54) is 0 Å². The summed E-state index contributed by atoms with van der Waals surface area (Å²) in [6.45, 7) is 2.54. The summed E-state index contributed by atoms with van der Waals surface area (Å²) in [6.07, 6.45) is 1.69. The smallest absolute Gasteiger partial charge is 0.338 e. The number of halogens is 1. The number of carbonyl (C=O) groups is 2. The van der Waals surface area contributed by atoms with E-state index in [1.807, 2.05) is 18.2 Å². The first kappa shape index (κ1) is 19.3. The van der Waals surface area contributed by atoms with Crippen molar-refractivity contribution in [3.8, 4) is 5.75 Å². The van der Waals surface area contributed by atoms with Crippen LogP contribution in [0.15, 0.2) is 54.1 Å². The molecule has 1 fully saturated rings. The minimum atomic E-state index is -0.549. The van der Waals surface area contributed by atoms with Gasteiger partial charge < -0.3 is 19.3 Å². The van der Waals surface area contributed by atoms with Gasteiger partial charge in [0.1, 0.15) is 12.4 Å². The first-order valence-electron chi connectivity index (χ1n) is 9.48. The van der Waals surface area contributed by atoms with Crippen LogP contribution in [0, 0.1) is 0 Å². The molecule has 0 radical (unpaired) electrons. The number of amides is 1. The van der Waals surface area contributed by atoms with Gasteiger partial charge in [0.25, 0.3) is 5.91 Å². The van der Waals surface area contributed by atoms with Gasteiger partial charge in [-0.2, -0.15) is 0 Å². The van der Waals surface area contributed by atoms with E-state index in [0.29, 0.717) is 29.4 Å². The number of rotatable bonds is 4. The zero-order chi connectivity index (χ0) is 20.2. The number of benzene rings is 2. The number of para-hydroxylation sites is 1. The van der Waals surface area contributed by atoms with Crippen LogP contribution in [0.25, 0.3) is 6.08 Å². The molecule has 1 saturated heterocycles. The fourth-order valence-electron chi connectivity index (χ4n) is 3.43. The second-order valence-corrected chi connectivity index (χ2v) is 7.36. The zero-order valence-corrected chi connectivity index (χ0v) is 16.6. The number of nitrogens with zero attached hydrogens (tertiary/aromatic N) is 2. The van der Waals surface area contributed by atoms with Crippen LogP contribution in [0.1, 0.15) is 5.56 Å². The van der Waals surface area contributed by atoms with Crippen molar-refractivity contribution in [2.75, 3.05) is 44.3 Å². The molecule has 7 heteroatoms. The van der Waals surface area contributed by atoms with Crippen LogP contribution < -0.4 is 9.64 Å². The first-order valence-corrected chi connectivity index (χ1v) is 9.86. The molecule has 0 aromatic heterocycles. The van der Waals surface area contributed by atoms with Crippen LogP contribution in [0.2, 0.25) is 5.02 Å². The Bertz CT molecular complexity index is 937. The van der Waals surface area contributed by atoms with Crippen molar-refractivity contribution in [3.05, 3.63) is 64.7 Å². The summed E-state index contributed by atoms with van der Waals surface area (Å²) in [5, 5.41) is 0.558. The average Bonchev–Trinajstić information content (AvgIpc) is 2.77. The van der Waals surface area contributed by atoms with E-state index >= 15 is 0 Å². The number of esters is 1. The fourth-order valence-corrected chi connectivity index (χ4v) is 3.61. The number of hydrogen-bond acceptors (Lipinski definition) is 5. The lowest BCUT2D eigenvalue weighted by Crippen LogP contribution is -2.50. The van der Waals surface area contributed by atoms with Gasteiger partial charge in [0, 0.05) is 42.5 Å². The molecular formula is C22H21ClN2O4. The fraction of sp³-hybridized carbons (Fsp3) is 0.273. The van der Waals surface area contributed by atoms with Gasteiger partial charge in [-0.25, -0.2) is 4.79 Å². The zero-order valence-electron chi connectivity index (χ0n) is 15.8. The summed E-state index contributed by atoms with van der Waals surface area (Å²) in [5.41, 5.74) is 2.23. The lowest BCUT2D eigenvalue weighted by Gasteiger charge is -2.36. The van der Waals surface area contributed by atoms with Crippen molar-refractivity contribution in [2.24, 2.45) is 0 Å². The predicted molar refractivity (Wildman–Crippen MR) is 111 cm³/mol. The predicted octanol–water partition coefficient (Wildman–Crippen LogP) is 3.01. The quantitative estimate of drug-likeness (QED) is 0.722. The summed E-state index contributed by atoms with van der Waals surface area (Å²) >= 11 is 5.99. The van der Waals surface area contributed by atoms with Crippen molar-refractivity contribution in [2.45, 2.75) is 0 Å². The van der Waals surface area contributed by atoms with Crippen molar-refractivity contribution in [1.29, 1.82) is 0 Å². The van der Waals surface area contributed by atoms with Crippen LogP contribution in [0.4, 0.5) is 5.69 Å². The Morgan fingerprint density at radius 1 is 1.03 bits per heavy atom. The van der Waals surface area contributed by atoms with E-state index in [0.717, 1.165) is 24.3 Å². The minimum absolute atomic E-state index is 0.109. The summed E-state index contributed by atoms with van der Waals surface area (Å²) in [4.78, 5) is 28.7. The lowest BCUT2D eigenvalue weighted by molar-refractivity contribution is -0.149. The summed E-state index contributed by atoms with van der Waals surface area (Å²) in [6, 6.07) is 15.3. The third kappa shape index (κ3) is 4.54. The van der Waals surface area contributed by atoms with Crippen LogP contribution in [-0.2, 0) is 14.3 Å². The normalized spacial score (nSPS) is 15.8. The molecule has 2 aliphatic rings. The second-order valence-electron chi connectivity index (χ2n) is 6.92. The Balaban J connectivity index is 1.28. The van der Waals surface area contributed by atoms with Gasteiger partial charge in [-0.05, 0) is 36.4 Å². The van der Waals surface area contributed by atoms with Crippen LogP contribution in [0.5, 0.6) is 5.75 Å². The topological polar surface area (TPSA) is 59.1 Å². The van der Waals surface area contributed by atoms with E-state index in [1.54, 1.807) is 29.2 Å². The Labute approximate surface area is 174 Å². The highest BCUT2D eigenvalue weighted by molar-refractivity contribution is 6.30. The molecule has 2 heterocycles. The largest absolute Gasteiger partial charge is 0.488 e. The van der Waals surface area contributed by atoms with Gasteiger partial charge in [0.2, 0.25) is 0 Å². The van der Waals surface area contributed by atoms with Crippen molar-refractivity contribution in [1.82, 2.24) is 4.90 Å².